The average molecular weight is 524 g/mol. The standard InChI is InChI=1S/C28H38FN7O2/c1-4-36-23(11-12-30-36)28(38)33-25(20-7-5-18(2)6-8-20)27-31-22-10-9-21(24(29)26(22)32-27)17-34-13-15-35(16-14-34)19(3)37/h9-12,18,20,25H,4-8,13-17H2,1-3H3,(H,31,32)(H,33,38). The van der Waals surface area contributed by atoms with Crippen molar-refractivity contribution in [2.24, 2.45) is 11.8 Å². The van der Waals surface area contributed by atoms with Gasteiger partial charge >= 0.3 is 0 Å². The van der Waals surface area contributed by atoms with Crippen LogP contribution in [-0.2, 0) is 17.9 Å². The molecule has 1 unspecified atom stereocenters. The van der Waals surface area contributed by atoms with Crippen molar-refractivity contribution in [2.75, 3.05) is 26.2 Å². The normalized spacial score (nSPS) is 21.5. The van der Waals surface area contributed by atoms with Crippen LogP contribution in [0.4, 0.5) is 4.39 Å². The van der Waals surface area contributed by atoms with E-state index in [1.165, 1.54) is 0 Å². The number of hydrogen-bond acceptors (Lipinski definition) is 5. The topological polar surface area (TPSA) is 99.2 Å². The molecular weight excluding hydrogens is 485 g/mol. The highest BCUT2D eigenvalue weighted by Gasteiger charge is 2.32. The van der Waals surface area contributed by atoms with Crippen molar-refractivity contribution in [3.05, 3.63) is 47.3 Å². The van der Waals surface area contributed by atoms with Crippen LogP contribution >= 0.6 is 0 Å². The third kappa shape index (κ3) is 5.45. The van der Waals surface area contributed by atoms with Gasteiger partial charge in [0.05, 0.1) is 11.6 Å². The number of rotatable bonds is 7. The van der Waals surface area contributed by atoms with Gasteiger partial charge < -0.3 is 15.2 Å². The first-order valence-corrected chi connectivity index (χ1v) is 13.8. The number of halogens is 1. The summed E-state index contributed by atoms with van der Waals surface area (Å²) in [5, 5.41) is 7.45. The number of fused-ring (bicyclic) bond motifs is 1. The van der Waals surface area contributed by atoms with Crippen molar-refractivity contribution in [1.29, 1.82) is 0 Å². The van der Waals surface area contributed by atoms with Crippen molar-refractivity contribution < 1.29 is 14.0 Å². The van der Waals surface area contributed by atoms with E-state index in [2.05, 4.69) is 27.2 Å². The second-order valence-corrected chi connectivity index (χ2v) is 10.8. The van der Waals surface area contributed by atoms with Gasteiger partial charge in [0.15, 0.2) is 5.82 Å². The van der Waals surface area contributed by atoms with Gasteiger partial charge in [-0.25, -0.2) is 9.37 Å². The second kappa shape index (κ2) is 11.2. The number of nitrogens with zero attached hydrogens (tertiary/aromatic N) is 5. The number of aromatic amines is 1. The number of piperazine rings is 1. The molecule has 1 atom stereocenters. The number of amides is 2. The van der Waals surface area contributed by atoms with Gasteiger partial charge in [0, 0.05) is 58.0 Å². The van der Waals surface area contributed by atoms with E-state index in [0.717, 1.165) is 25.7 Å². The number of carbonyl (C=O) groups is 2. The Morgan fingerprint density at radius 2 is 1.87 bits per heavy atom. The Kier molecular flexibility index (Phi) is 7.78. The Bertz CT molecular complexity index is 1290. The smallest absolute Gasteiger partial charge is 0.270 e. The molecule has 1 aliphatic heterocycles. The number of aromatic nitrogens is 4. The molecule has 3 aromatic rings. The molecular formula is C28H38FN7O2. The van der Waals surface area contributed by atoms with Gasteiger partial charge in [-0.1, -0.05) is 25.8 Å². The molecule has 2 amide bonds. The highest BCUT2D eigenvalue weighted by atomic mass is 19.1. The molecule has 1 aliphatic carbocycles. The van der Waals surface area contributed by atoms with Crippen molar-refractivity contribution in [2.45, 2.75) is 65.6 Å². The van der Waals surface area contributed by atoms with Crippen LogP contribution in [0, 0.1) is 17.7 Å². The first kappa shape index (κ1) is 26.3. The fraction of sp³-hybridized carbons (Fsp3) is 0.571. The molecule has 38 heavy (non-hydrogen) atoms. The van der Waals surface area contributed by atoms with Gasteiger partial charge in [0.25, 0.3) is 5.91 Å². The molecule has 204 valence electrons. The van der Waals surface area contributed by atoms with Gasteiger partial charge in [0.2, 0.25) is 5.91 Å². The molecule has 9 nitrogen and oxygen atoms in total. The van der Waals surface area contributed by atoms with Crippen LogP contribution in [-0.4, -0.2) is 67.5 Å². The summed E-state index contributed by atoms with van der Waals surface area (Å²) >= 11 is 0. The molecule has 1 saturated heterocycles. The van der Waals surface area contributed by atoms with Crippen molar-refractivity contribution in [1.82, 2.24) is 34.9 Å². The lowest BCUT2D eigenvalue weighted by molar-refractivity contribution is -0.130. The van der Waals surface area contributed by atoms with Gasteiger partial charge in [-0.2, -0.15) is 5.10 Å². The number of benzene rings is 1. The second-order valence-electron chi connectivity index (χ2n) is 10.8. The van der Waals surface area contributed by atoms with Crippen LogP contribution in [0.3, 0.4) is 0 Å². The van der Waals surface area contributed by atoms with Crippen LogP contribution in [0.5, 0.6) is 0 Å². The molecule has 1 aromatic carbocycles. The predicted molar refractivity (Wildman–Crippen MR) is 143 cm³/mol. The molecule has 0 spiro atoms. The molecule has 1 saturated carbocycles. The fourth-order valence-electron chi connectivity index (χ4n) is 5.86. The summed E-state index contributed by atoms with van der Waals surface area (Å²) in [6.45, 7) is 9.61. The van der Waals surface area contributed by atoms with Crippen molar-refractivity contribution in [3.8, 4) is 0 Å². The average Bonchev–Trinajstić information content (AvgIpc) is 3.57. The molecule has 2 aliphatic rings. The van der Waals surface area contributed by atoms with Gasteiger partial charge in [0.1, 0.15) is 17.0 Å². The number of hydrogen-bond donors (Lipinski definition) is 2. The number of imidazole rings is 1. The quantitative estimate of drug-likeness (QED) is 0.490. The molecule has 2 aromatic heterocycles. The minimum atomic E-state index is -0.342. The monoisotopic (exact) mass is 523 g/mol. The van der Waals surface area contributed by atoms with Crippen LogP contribution in [0.25, 0.3) is 11.0 Å². The Morgan fingerprint density at radius 3 is 2.55 bits per heavy atom. The summed E-state index contributed by atoms with van der Waals surface area (Å²) < 4.78 is 17.4. The van der Waals surface area contributed by atoms with E-state index >= 15 is 4.39 Å². The predicted octanol–water partition coefficient (Wildman–Crippen LogP) is 3.88. The van der Waals surface area contributed by atoms with Crippen molar-refractivity contribution >= 4 is 22.8 Å². The lowest BCUT2D eigenvalue weighted by atomic mass is 9.79. The molecule has 2 fully saturated rings. The summed E-state index contributed by atoms with van der Waals surface area (Å²) in [7, 11) is 0. The summed E-state index contributed by atoms with van der Waals surface area (Å²) in [5.74, 6) is 1.03. The zero-order chi connectivity index (χ0) is 26.8. The lowest BCUT2D eigenvalue weighted by Crippen LogP contribution is -2.47. The molecule has 3 heterocycles. The maximum absolute atomic E-state index is 15.7. The summed E-state index contributed by atoms with van der Waals surface area (Å²) in [6, 6.07) is 5.07. The Labute approximate surface area is 222 Å². The minimum Gasteiger partial charge on any atom is -0.340 e. The zero-order valence-electron chi connectivity index (χ0n) is 22.5. The largest absolute Gasteiger partial charge is 0.340 e. The molecule has 0 radical (unpaired) electrons. The Morgan fingerprint density at radius 1 is 1.13 bits per heavy atom. The zero-order valence-corrected chi connectivity index (χ0v) is 22.5. The summed E-state index contributed by atoms with van der Waals surface area (Å²) in [5.41, 5.74) is 2.04. The number of carbonyl (C=O) groups excluding carboxylic acids is 2. The van der Waals surface area contributed by atoms with Crippen LogP contribution in [0.15, 0.2) is 24.4 Å². The molecule has 5 rings (SSSR count). The molecule has 2 N–H and O–H groups in total. The van der Waals surface area contributed by atoms with Gasteiger partial charge in [-0.05, 0) is 43.7 Å². The van der Waals surface area contributed by atoms with Crippen LogP contribution in [0.2, 0.25) is 0 Å². The third-order valence-corrected chi connectivity index (χ3v) is 8.26. The first-order valence-electron chi connectivity index (χ1n) is 13.8. The van der Waals surface area contributed by atoms with E-state index in [4.69, 9.17) is 4.98 Å². The minimum absolute atomic E-state index is 0.0783. The third-order valence-electron chi connectivity index (χ3n) is 8.26. The van der Waals surface area contributed by atoms with E-state index in [0.29, 0.717) is 73.3 Å². The maximum Gasteiger partial charge on any atom is 0.270 e. The Balaban J connectivity index is 1.39. The maximum atomic E-state index is 15.7. The van der Waals surface area contributed by atoms with Crippen LogP contribution in [0.1, 0.15) is 74.4 Å². The summed E-state index contributed by atoms with van der Waals surface area (Å²) in [4.78, 5) is 37.0. The molecule has 10 heteroatoms. The van der Waals surface area contributed by atoms with Crippen LogP contribution < -0.4 is 5.32 Å². The highest BCUT2D eigenvalue weighted by Crippen LogP contribution is 2.37. The highest BCUT2D eigenvalue weighted by molar-refractivity contribution is 5.92. The molecule has 0 bridgehead atoms. The number of nitrogens with one attached hydrogen (secondary N) is 2. The van der Waals surface area contributed by atoms with Crippen molar-refractivity contribution in [3.63, 3.8) is 0 Å². The Hall–Kier alpha value is -3.27. The van der Waals surface area contributed by atoms with Gasteiger partial charge in [-0.3, -0.25) is 19.2 Å². The van der Waals surface area contributed by atoms with E-state index in [9.17, 15) is 9.59 Å². The lowest BCUT2D eigenvalue weighted by Gasteiger charge is -2.34. The number of aryl methyl sites for hydroxylation is 1. The first-order chi connectivity index (χ1) is 18.3. The van der Waals surface area contributed by atoms with E-state index in [-0.39, 0.29) is 29.6 Å². The fourth-order valence-corrected chi connectivity index (χ4v) is 5.86. The van der Waals surface area contributed by atoms with E-state index in [1.807, 2.05) is 24.0 Å². The number of H-pyrrole nitrogens is 1. The summed E-state index contributed by atoms with van der Waals surface area (Å²) in [6.07, 6.45) is 5.79. The SMILES string of the molecule is CCn1nccc1C(=O)NC(c1nc2c(F)c(CN3CCN(C(C)=O)CC3)ccc2[nH]1)C1CCC(C)CC1. The van der Waals surface area contributed by atoms with E-state index in [1.54, 1.807) is 23.9 Å². The van der Waals surface area contributed by atoms with Gasteiger partial charge in [-0.15, -0.1) is 0 Å². The van der Waals surface area contributed by atoms with E-state index < -0.39 is 0 Å².